The first-order chi connectivity index (χ1) is 18.5. The van der Waals surface area contributed by atoms with Crippen molar-refractivity contribution < 1.29 is 18.0 Å². The molecule has 39 heavy (non-hydrogen) atoms. The van der Waals surface area contributed by atoms with E-state index in [9.17, 15) is 18.0 Å². The van der Waals surface area contributed by atoms with E-state index in [0.29, 0.717) is 18.5 Å². The topological polar surface area (TPSA) is 86.8 Å². The van der Waals surface area contributed by atoms with E-state index < -0.39 is 16.1 Å². The zero-order valence-corrected chi connectivity index (χ0v) is 24.3. The summed E-state index contributed by atoms with van der Waals surface area (Å²) in [6, 6.07) is 22.4. The van der Waals surface area contributed by atoms with Crippen molar-refractivity contribution >= 4 is 27.5 Å². The maximum Gasteiger partial charge on any atom is 0.242 e. The lowest BCUT2D eigenvalue weighted by molar-refractivity contribution is -0.141. The molecule has 7 nitrogen and oxygen atoms in total. The van der Waals surface area contributed by atoms with Gasteiger partial charge in [0.05, 0.1) is 11.9 Å². The standard InChI is InChI=1S/C31H39N3O4S/c1-23-18-24(2)20-28(19-23)34(39(5,37)38)17-11-16-30(35)33(22-27-15-10-9-12-25(27)3)29(31(36)32-4)21-26-13-7-6-8-14-26/h6-10,12-15,18-20,29H,11,16-17,21-22H2,1-5H3,(H,32,36). The Morgan fingerprint density at radius 1 is 0.897 bits per heavy atom. The minimum Gasteiger partial charge on any atom is -0.357 e. The normalized spacial score (nSPS) is 12.0. The molecule has 1 atom stereocenters. The van der Waals surface area contributed by atoms with Crippen LogP contribution in [0.25, 0.3) is 0 Å². The Kier molecular flexibility index (Phi) is 10.3. The number of nitrogens with one attached hydrogen (secondary N) is 1. The summed E-state index contributed by atoms with van der Waals surface area (Å²) in [7, 11) is -1.98. The maximum absolute atomic E-state index is 13.8. The third-order valence-corrected chi connectivity index (χ3v) is 7.96. The van der Waals surface area contributed by atoms with Crippen molar-refractivity contribution in [2.75, 3.05) is 24.2 Å². The van der Waals surface area contributed by atoms with Gasteiger partial charge in [0.25, 0.3) is 0 Å². The second-order valence-corrected chi connectivity index (χ2v) is 12.0. The van der Waals surface area contributed by atoms with Gasteiger partial charge >= 0.3 is 0 Å². The van der Waals surface area contributed by atoms with Crippen LogP contribution in [0.2, 0.25) is 0 Å². The van der Waals surface area contributed by atoms with Gasteiger partial charge in [0, 0.05) is 33.0 Å². The molecule has 0 radical (unpaired) electrons. The highest BCUT2D eigenvalue weighted by molar-refractivity contribution is 7.92. The van der Waals surface area contributed by atoms with Crippen LogP contribution in [0.15, 0.2) is 72.8 Å². The molecule has 0 saturated heterocycles. The molecule has 208 valence electrons. The zero-order chi connectivity index (χ0) is 28.6. The highest BCUT2D eigenvalue weighted by atomic mass is 32.2. The molecular formula is C31H39N3O4S. The Morgan fingerprint density at radius 3 is 2.10 bits per heavy atom. The number of hydrogen-bond donors (Lipinski definition) is 1. The van der Waals surface area contributed by atoms with Crippen LogP contribution >= 0.6 is 0 Å². The first-order valence-corrected chi connectivity index (χ1v) is 15.0. The second kappa shape index (κ2) is 13.4. The molecule has 1 unspecified atom stereocenters. The zero-order valence-electron chi connectivity index (χ0n) is 23.5. The third-order valence-electron chi connectivity index (χ3n) is 6.77. The SMILES string of the molecule is CNC(=O)C(Cc1ccccc1)N(Cc1ccccc1C)C(=O)CCCN(c1cc(C)cc(C)c1)S(C)(=O)=O. The summed E-state index contributed by atoms with van der Waals surface area (Å²) in [5.74, 6) is -0.439. The molecule has 0 spiro atoms. The lowest BCUT2D eigenvalue weighted by Gasteiger charge is -2.32. The van der Waals surface area contributed by atoms with Crippen LogP contribution in [-0.4, -0.2) is 51.0 Å². The number of benzene rings is 3. The summed E-state index contributed by atoms with van der Waals surface area (Å²) in [4.78, 5) is 28.5. The van der Waals surface area contributed by atoms with E-state index in [2.05, 4.69) is 5.32 Å². The van der Waals surface area contributed by atoms with Crippen molar-refractivity contribution in [3.8, 4) is 0 Å². The Bertz CT molecular complexity index is 1370. The van der Waals surface area contributed by atoms with Gasteiger partial charge in [-0.2, -0.15) is 0 Å². The molecule has 0 aliphatic rings. The van der Waals surface area contributed by atoms with Gasteiger partial charge in [0.15, 0.2) is 0 Å². The summed E-state index contributed by atoms with van der Waals surface area (Å²) in [5.41, 5.74) is 5.46. The van der Waals surface area contributed by atoms with Gasteiger partial charge in [-0.05, 0) is 67.1 Å². The number of hydrogen-bond acceptors (Lipinski definition) is 4. The number of rotatable bonds is 12. The number of carbonyl (C=O) groups is 2. The Balaban J connectivity index is 1.87. The Hall–Kier alpha value is -3.65. The van der Waals surface area contributed by atoms with Gasteiger partial charge < -0.3 is 10.2 Å². The number of aryl methyl sites for hydroxylation is 3. The largest absolute Gasteiger partial charge is 0.357 e. The van der Waals surface area contributed by atoms with Gasteiger partial charge in [0.1, 0.15) is 6.04 Å². The van der Waals surface area contributed by atoms with Crippen LogP contribution in [-0.2, 0) is 32.6 Å². The lowest BCUT2D eigenvalue weighted by atomic mass is 10.0. The fourth-order valence-electron chi connectivity index (χ4n) is 4.79. The Morgan fingerprint density at radius 2 is 1.51 bits per heavy atom. The molecule has 0 saturated carbocycles. The number of sulfonamides is 1. The average molecular weight is 550 g/mol. The van der Waals surface area contributed by atoms with Crippen molar-refractivity contribution in [3.05, 3.63) is 101 Å². The first kappa shape index (κ1) is 29.9. The molecular weight excluding hydrogens is 510 g/mol. The number of amides is 2. The summed E-state index contributed by atoms with van der Waals surface area (Å²) < 4.78 is 26.7. The molecule has 0 bridgehead atoms. The molecule has 3 rings (SSSR count). The van der Waals surface area contributed by atoms with Crippen LogP contribution in [0.1, 0.15) is 40.7 Å². The predicted molar refractivity (Wildman–Crippen MR) is 157 cm³/mol. The summed E-state index contributed by atoms with van der Waals surface area (Å²) >= 11 is 0. The quantitative estimate of drug-likeness (QED) is 0.359. The van der Waals surface area contributed by atoms with Crippen molar-refractivity contribution in [1.82, 2.24) is 10.2 Å². The van der Waals surface area contributed by atoms with E-state index >= 15 is 0 Å². The molecule has 0 fully saturated rings. The van der Waals surface area contributed by atoms with Gasteiger partial charge in [-0.1, -0.05) is 60.7 Å². The summed E-state index contributed by atoms with van der Waals surface area (Å²) in [6.45, 7) is 6.28. The molecule has 3 aromatic carbocycles. The third kappa shape index (κ3) is 8.42. The predicted octanol–water partition coefficient (Wildman–Crippen LogP) is 4.54. The molecule has 1 N–H and O–H groups in total. The molecule has 0 aliphatic carbocycles. The minimum absolute atomic E-state index is 0.102. The van der Waals surface area contributed by atoms with Crippen LogP contribution in [0.5, 0.6) is 0 Å². The summed E-state index contributed by atoms with van der Waals surface area (Å²) in [6.07, 6.45) is 1.97. The van der Waals surface area contributed by atoms with Crippen molar-refractivity contribution in [2.45, 2.75) is 52.6 Å². The van der Waals surface area contributed by atoms with Crippen LogP contribution in [0.3, 0.4) is 0 Å². The molecule has 3 aromatic rings. The number of anilines is 1. The highest BCUT2D eigenvalue weighted by Crippen LogP contribution is 2.23. The fraction of sp³-hybridized carbons (Fsp3) is 0.355. The average Bonchev–Trinajstić information content (AvgIpc) is 2.88. The van der Waals surface area contributed by atoms with Crippen molar-refractivity contribution in [3.63, 3.8) is 0 Å². The van der Waals surface area contributed by atoms with Crippen LogP contribution in [0, 0.1) is 20.8 Å². The van der Waals surface area contributed by atoms with E-state index in [-0.39, 0.29) is 31.3 Å². The minimum atomic E-state index is -3.55. The van der Waals surface area contributed by atoms with Gasteiger partial charge in [0.2, 0.25) is 21.8 Å². The fourth-order valence-corrected chi connectivity index (χ4v) is 5.74. The molecule has 2 amide bonds. The molecule has 8 heteroatoms. The first-order valence-electron chi connectivity index (χ1n) is 13.1. The lowest BCUT2D eigenvalue weighted by Crippen LogP contribution is -2.50. The highest BCUT2D eigenvalue weighted by Gasteiger charge is 2.30. The molecule has 0 heterocycles. The number of nitrogens with zero attached hydrogens (tertiary/aromatic N) is 2. The second-order valence-electron chi connectivity index (χ2n) is 10.1. The van der Waals surface area contributed by atoms with E-state index in [1.165, 1.54) is 10.6 Å². The van der Waals surface area contributed by atoms with E-state index in [1.807, 2.05) is 93.6 Å². The van der Waals surface area contributed by atoms with E-state index in [1.54, 1.807) is 11.9 Å². The van der Waals surface area contributed by atoms with Crippen LogP contribution in [0.4, 0.5) is 5.69 Å². The Labute approximate surface area is 232 Å². The summed E-state index contributed by atoms with van der Waals surface area (Å²) in [5, 5.41) is 2.73. The van der Waals surface area contributed by atoms with Crippen molar-refractivity contribution in [2.24, 2.45) is 0 Å². The molecule has 0 aromatic heterocycles. The van der Waals surface area contributed by atoms with E-state index in [4.69, 9.17) is 0 Å². The maximum atomic E-state index is 13.8. The van der Waals surface area contributed by atoms with Crippen molar-refractivity contribution in [1.29, 1.82) is 0 Å². The smallest absolute Gasteiger partial charge is 0.242 e. The van der Waals surface area contributed by atoms with Gasteiger partial charge in [-0.25, -0.2) is 8.42 Å². The molecule has 0 aliphatic heterocycles. The monoisotopic (exact) mass is 549 g/mol. The van der Waals surface area contributed by atoms with Gasteiger partial charge in [-0.15, -0.1) is 0 Å². The van der Waals surface area contributed by atoms with Gasteiger partial charge in [-0.3, -0.25) is 13.9 Å². The van der Waals surface area contributed by atoms with E-state index in [0.717, 1.165) is 27.8 Å². The number of carbonyl (C=O) groups excluding carboxylic acids is 2. The number of likely N-dealkylation sites (N-methyl/N-ethyl adjacent to an activating group) is 1. The van der Waals surface area contributed by atoms with Crippen LogP contribution < -0.4 is 9.62 Å².